The molecular weight excluding hydrogens is 218 g/mol. The van der Waals surface area contributed by atoms with Gasteiger partial charge in [0.2, 0.25) is 0 Å². The summed E-state index contributed by atoms with van der Waals surface area (Å²) < 4.78 is 0. The van der Waals surface area contributed by atoms with Crippen molar-refractivity contribution in [2.75, 3.05) is 5.32 Å². The molecule has 0 aliphatic heterocycles. The molecule has 1 aromatic heterocycles. The van der Waals surface area contributed by atoms with Crippen LogP contribution in [0.1, 0.15) is 29.1 Å². The van der Waals surface area contributed by atoms with E-state index in [-0.39, 0.29) is 5.91 Å². The standard InChI is InChI=1S/C12H13N3O2/c1-8(16)9-3-2-4-10(7-9)14-12(17)11-5-6-13-15-11/h2-8,16H,1H3,(H,13,15)(H,14,17). The van der Waals surface area contributed by atoms with Gasteiger partial charge in [-0.3, -0.25) is 9.89 Å². The number of carbonyl (C=O) groups excluding carboxylic acids is 1. The summed E-state index contributed by atoms with van der Waals surface area (Å²) in [6.45, 7) is 1.68. The second-order valence-electron chi connectivity index (χ2n) is 3.73. The lowest BCUT2D eigenvalue weighted by Gasteiger charge is -2.08. The van der Waals surface area contributed by atoms with Gasteiger partial charge >= 0.3 is 0 Å². The summed E-state index contributed by atoms with van der Waals surface area (Å²) in [6.07, 6.45) is 0.959. The van der Waals surface area contributed by atoms with Gasteiger partial charge in [0.25, 0.3) is 5.91 Å². The van der Waals surface area contributed by atoms with E-state index in [9.17, 15) is 9.90 Å². The molecule has 5 nitrogen and oxygen atoms in total. The molecule has 1 unspecified atom stereocenters. The van der Waals surface area contributed by atoms with Gasteiger partial charge in [0, 0.05) is 11.9 Å². The molecule has 0 saturated heterocycles. The quantitative estimate of drug-likeness (QED) is 0.752. The van der Waals surface area contributed by atoms with Crippen molar-refractivity contribution in [2.24, 2.45) is 0 Å². The van der Waals surface area contributed by atoms with Gasteiger partial charge < -0.3 is 10.4 Å². The molecule has 3 N–H and O–H groups in total. The molecule has 0 aliphatic rings. The fraction of sp³-hybridized carbons (Fsp3) is 0.167. The van der Waals surface area contributed by atoms with Crippen LogP contribution in [0.2, 0.25) is 0 Å². The summed E-state index contributed by atoms with van der Waals surface area (Å²) in [5, 5.41) is 18.4. The van der Waals surface area contributed by atoms with E-state index < -0.39 is 6.10 Å². The zero-order valence-electron chi connectivity index (χ0n) is 9.34. The smallest absolute Gasteiger partial charge is 0.273 e. The van der Waals surface area contributed by atoms with E-state index in [0.29, 0.717) is 11.4 Å². The number of aromatic amines is 1. The number of aromatic nitrogens is 2. The molecule has 0 bridgehead atoms. The van der Waals surface area contributed by atoms with Crippen LogP contribution in [0, 0.1) is 0 Å². The number of hydrogen-bond donors (Lipinski definition) is 3. The molecule has 0 radical (unpaired) electrons. The highest BCUT2D eigenvalue weighted by atomic mass is 16.3. The Kier molecular flexibility index (Phi) is 3.20. The Labute approximate surface area is 98.5 Å². The Bertz CT molecular complexity index is 506. The number of amides is 1. The van der Waals surface area contributed by atoms with Crippen molar-refractivity contribution in [1.29, 1.82) is 0 Å². The zero-order valence-corrected chi connectivity index (χ0v) is 9.34. The maximum atomic E-state index is 11.7. The average molecular weight is 231 g/mol. The number of hydrogen-bond acceptors (Lipinski definition) is 3. The molecule has 1 heterocycles. The van der Waals surface area contributed by atoms with Crippen LogP contribution in [0.4, 0.5) is 5.69 Å². The number of nitrogens with one attached hydrogen (secondary N) is 2. The third-order valence-electron chi connectivity index (χ3n) is 2.37. The van der Waals surface area contributed by atoms with Crippen LogP contribution in [-0.4, -0.2) is 21.2 Å². The van der Waals surface area contributed by atoms with Crippen molar-refractivity contribution in [1.82, 2.24) is 10.2 Å². The third-order valence-corrected chi connectivity index (χ3v) is 2.37. The highest BCUT2D eigenvalue weighted by Gasteiger charge is 2.08. The van der Waals surface area contributed by atoms with E-state index in [1.165, 1.54) is 6.20 Å². The van der Waals surface area contributed by atoms with Crippen LogP contribution in [0.25, 0.3) is 0 Å². The lowest BCUT2D eigenvalue weighted by Crippen LogP contribution is -2.12. The van der Waals surface area contributed by atoms with Gasteiger partial charge in [-0.05, 0) is 30.7 Å². The molecule has 1 atom stereocenters. The van der Waals surface area contributed by atoms with Gasteiger partial charge in [-0.2, -0.15) is 5.10 Å². The van der Waals surface area contributed by atoms with Crippen molar-refractivity contribution in [3.8, 4) is 0 Å². The summed E-state index contributed by atoms with van der Waals surface area (Å²) in [5.74, 6) is -0.259. The van der Waals surface area contributed by atoms with Crippen LogP contribution in [0.15, 0.2) is 36.5 Å². The highest BCUT2D eigenvalue weighted by molar-refractivity contribution is 6.02. The van der Waals surface area contributed by atoms with Gasteiger partial charge in [-0.25, -0.2) is 0 Å². The van der Waals surface area contributed by atoms with Crippen LogP contribution >= 0.6 is 0 Å². The number of carbonyl (C=O) groups is 1. The molecule has 0 aliphatic carbocycles. The Morgan fingerprint density at radius 1 is 1.47 bits per heavy atom. The molecule has 88 valence electrons. The summed E-state index contributed by atoms with van der Waals surface area (Å²) in [4.78, 5) is 11.7. The summed E-state index contributed by atoms with van der Waals surface area (Å²) in [7, 11) is 0. The predicted molar refractivity (Wildman–Crippen MR) is 63.6 cm³/mol. The fourth-order valence-electron chi connectivity index (χ4n) is 1.46. The average Bonchev–Trinajstić information content (AvgIpc) is 2.82. The molecular formula is C12H13N3O2. The Morgan fingerprint density at radius 3 is 2.94 bits per heavy atom. The van der Waals surface area contributed by atoms with Crippen molar-refractivity contribution in [2.45, 2.75) is 13.0 Å². The number of aliphatic hydroxyl groups is 1. The monoisotopic (exact) mass is 231 g/mol. The van der Waals surface area contributed by atoms with Gasteiger partial charge in [-0.15, -0.1) is 0 Å². The first-order valence-corrected chi connectivity index (χ1v) is 5.25. The normalized spacial score (nSPS) is 12.1. The lowest BCUT2D eigenvalue weighted by molar-refractivity contribution is 0.102. The second-order valence-corrected chi connectivity index (χ2v) is 3.73. The third kappa shape index (κ3) is 2.70. The van der Waals surface area contributed by atoms with Crippen LogP contribution in [0.3, 0.4) is 0 Å². The van der Waals surface area contributed by atoms with Crippen molar-refractivity contribution in [3.63, 3.8) is 0 Å². The Morgan fingerprint density at radius 2 is 2.29 bits per heavy atom. The first kappa shape index (κ1) is 11.3. The van der Waals surface area contributed by atoms with Gasteiger partial charge in [0.05, 0.1) is 6.10 Å². The van der Waals surface area contributed by atoms with E-state index >= 15 is 0 Å². The molecule has 1 aromatic carbocycles. The number of rotatable bonds is 3. The van der Waals surface area contributed by atoms with Crippen molar-refractivity contribution < 1.29 is 9.90 Å². The van der Waals surface area contributed by atoms with Gasteiger partial charge in [0.15, 0.2) is 0 Å². The molecule has 17 heavy (non-hydrogen) atoms. The molecule has 5 heteroatoms. The minimum atomic E-state index is -0.556. The molecule has 0 saturated carbocycles. The minimum Gasteiger partial charge on any atom is -0.389 e. The molecule has 2 aromatic rings. The highest BCUT2D eigenvalue weighted by Crippen LogP contribution is 2.17. The summed E-state index contributed by atoms with van der Waals surface area (Å²) >= 11 is 0. The maximum Gasteiger partial charge on any atom is 0.273 e. The fourth-order valence-corrected chi connectivity index (χ4v) is 1.46. The van der Waals surface area contributed by atoms with E-state index in [0.717, 1.165) is 5.56 Å². The van der Waals surface area contributed by atoms with E-state index in [1.54, 1.807) is 37.3 Å². The molecule has 2 rings (SSSR count). The largest absolute Gasteiger partial charge is 0.389 e. The Balaban J connectivity index is 2.14. The van der Waals surface area contributed by atoms with Crippen LogP contribution in [-0.2, 0) is 0 Å². The summed E-state index contributed by atoms with van der Waals surface area (Å²) in [6, 6.07) is 8.67. The number of benzene rings is 1. The minimum absolute atomic E-state index is 0.259. The molecule has 0 spiro atoms. The predicted octanol–water partition coefficient (Wildman–Crippen LogP) is 1.72. The van der Waals surface area contributed by atoms with Crippen molar-refractivity contribution >= 4 is 11.6 Å². The zero-order chi connectivity index (χ0) is 12.3. The number of aliphatic hydroxyl groups excluding tert-OH is 1. The Hall–Kier alpha value is -2.14. The SMILES string of the molecule is CC(O)c1cccc(NC(=O)c2ccn[nH]2)c1. The lowest BCUT2D eigenvalue weighted by atomic mass is 10.1. The van der Waals surface area contributed by atoms with Crippen LogP contribution in [0.5, 0.6) is 0 Å². The van der Waals surface area contributed by atoms with Gasteiger partial charge in [-0.1, -0.05) is 12.1 Å². The topological polar surface area (TPSA) is 78.0 Å². The van der Waals surface area contributed by atoms with E-state index in [2.05, 4.69) is 15.5 Å². The number of anilines is 1. The van der Waals surface area contributed by atoms with Gasteiger partial charge in [0.1, 0.15) is 5.69 Å². The maximum absolute atomic E-state index is 11.7. The second kappa shape index (κ2) is 4.80. The van der Waals surface area contributed by atoms with Crippen molar-refractivity contribution in [3.05, 3.63) is 47.8 Å². The summed E-state index contributed by atoms with van der Waals surface area (Å²) in [5.41, 5.74) is 1.79. The first-order chi connectivity index (χ1) is 8.16. The molecule has 0 fully saturated rings. The number of nitrogens with zero attached hydrogens (tertiary/aromatic N) is 1. The van der Waals surface area contributed by atoms with Crippen LogP contribution < -0.4 is 5.32 Å². The van der Waals surface area contributed by atoms with E-state index in [4.69, 9.17) is 0 Å². The molecule has 1 amide bonds. The first-order valence-electron chi connectivity index (χ1n) is 5.25. The number of H-pyrrole nitrogens is 1. The van der Waals surface area contributed by atoms with E-state index in [1.807, 2.05) is 0 Å².